The second kappa shape index (κ2) is 34.1. The third-order valence-corrected chi connectivity index (χ3v) is 9.22. The van der Waals surface area contributed by atoms with Crippen molar-refractivity contribution >= 4 is 10.4 Å². The molecule has 0 saturated carbocycles. The second-order valence-electron chi connectivity index (χ2n) is 13.2. The van der Waals surface area contributed by atoms with Gasteiger partial charge < -0.3 is 19.3 Å². The summed E-state index contributed by atoms with van der Waals surface area (Å²) >= 11 is 0. The summed E-state index contributed by atoms with van der Waals surface area (Å²) in [6.45, 7) is 27.2. The highest BCUT2D eigenvalue weighted by Gasteiger charge is 2.12. The molecule has 47 heavy (non-hydrogen) atoms. The standard InChI is InChI=1S/2C18H38N2O.H2O4S/c2*1-3-5-6-7-8-9-10-11-12-19(4-2)13-14-20-15-17-21-18-16-20;1-5(2,3)4/h2*3-18H2,1-2H3;(H2,1,2,3,4). The van der Waals surface area contributed by atoms with E-state index < -0.39 is 10.4 Å². The van der Waals surface area contributed by atoms with Crippen molar-refractivity contribution in [3.8, 4) is 0 Å². The van der Waals surface area contributed by atoms with Crippen LogP contribution in [-0.2, 0) is 19.9 Å². The molecule has 0 aromatic rings. The van der Waals surface area contributed by atoms with Crippen molar-refractivity contribution in [3.05, 3.63) is 0 Å². The van der Waals surface area contributed by atoms with Gasteiger partial charge in [-0.25, -0.2) is 0 Å². The predicted octanol–water partition coefficient (Wildman–Crippen LogP) is 6.91. The van der Waals surface area contributed by atoms with Gasteiger partial charge in [-0.3, -0.25) is 18.9 Å². The van der Waals surface area contributed by atoms with Crippen LogP contribution in [0.3, 0.4) is 0 Å². The minimum Gasteiger partial charge on any atom is -0.379 e. The van der Waals surface area contributed by atoms with Crippen molar-refractivity contribution in [1.82, 2.24) is 19.6 Å². The third-order valence-electron chi connectivity index (χ3n) is 9.22. The Morgan fingerprint density at radius 1 is 0.489 bits per heavy atom. The summed E-state index contributed by atoms with van der Waals surface area (Å²) < 4.78 is 42.4. The maximum Gasteiger partial charge on any atom is 0.394 e. The molecule has 0 aliphatic carbocycles. The minimum atomic E-state index is -4.67. The Balaban J connectivity index is 0.000000787. The van der Waals surface area contributed by atoms with E-state index in [1.165, 1.54) is 155 Å². The van der Waals surface area contributed by atoms with Crippen LogP contribution in [0.5, 0.6) is 0 Å². The van der Waals surface area contributed by atoms with Crippen molar-refractivity contribution in [1.29, 1.82) is 0 Å². The third kappa shape index (κ3) is 35.3. The summed E-state index contributed by atoms with van der Waals surface area (Å²) in [5, 5.41) is 0. The van der Waals surface area contributed by atoms with Crippen molar-refractivity contribution in [3.63, 3.8) is 0 Å². The molecule has 2 heterocycles. The van der Waals surface area contributed by atoms with Gasteiger partial charge in [0, 0.05) is 52.4 Å². The highest BCUT2D eigenvalue weighted by Crippen LogP contribution is 2.10. The van der Waals surface area contributed by atoms with Gasteiger partial charge in [0.25, 0.3) is 0 Å². The first-order valence-corrected chi connectivity index (χ1v) is 20.9. The van der Waals surface area contributed by atoms with Crippen LogP contribution >= 0.6 is 0 Å². The Kier molecular flexibility index (Phi) is 33.8. The molecule has 2 saturated heterocycles. The number of hydrogen-bond donors (Lipinski definition) is 2. The van der Waals surface area contributed by atoms with E-state index in [1.54, 1.807) is 0 Å². The molecule has 0 atom stereocenters. The number of ether oxygens (including phenoxy) is 2. The van der Waals surface area contributed by atoms with Gasteiger partial charge >= 0.3 is 10.4 Å². The van der Waals surface area contributed by atoms with E-state index in [1.807, 2.05) is 0 Å². The fourth-order valence-corrected chi connectivity index (χ4v) is 6.01. The maximum absolute atomic E-state index is 8.74. The van der Waals surface area contributed by atoms with Crippen LogP contribution in [0, 0.1) is 0 Å². The molecule has 11 heteroatoms. The van der Waals surface area contributed by atoms with Gasteiger partial charge in [-0.05, 0) is 39.0 Å². The van der Waals surface area contributed by atoms with Crippen LogP contribution in [-0.4, -0.2) is 142 Å². The van der Waals surface area contributed by atoms with E-state index in [9.17, 15) is 0 Å². The molecule has 0 amide bonds. The number of hydrogen-bond acceptors (Lipinski definition) is 8. The summed E-state index contributed by atoms with van der Waals surface area (Å²) in [7, 11) is -4.67. The quantitative estimate of drug-likeness (QED) is 0.0733. The Morgan fingerprint density at radius 2 is 0.766 bits per heavy atom. The van der Waals surface area contributed by atoms with Gasteiger partial charge in [-0.1, -0.05) is 118 Å². The summed E-state index contributed by atoms with van der Waals surface area (Å²) in [5.41, 5.74) is 0. The first-order valence-electron chi connectivity index (χ1n) is 19.5. The van der Waals surface area contributed by atoms with Crippen molar-refractivity contribution in [2.45, 2.75) is 130 Å². The van der Waals surface area contributed by atoms with E-state index in [-0.39, 0.29) is 0 Å². The molecule has 284 valence electrons. The second-order valence-corrected chi connectivity index (χ2v) is 14.1. The highest BCUT2D eigenvalue weighted by molar-refractivity contribution is 7.79. The molecule has 0 aromatic heterocycles. The van der Waals surface area contributed by atoms with Gasteiger partial charge in [0.1, 0.15) is 0 Å². The minimum absolute atomic E-state index is 0.921. The molecule has 0 bridgehead atoms. The maximum atomic E-state index is 8.74. The molecular weight excluding hydrogens is 616 g/mol. The Labute approximate surface area is 291 Å². The van der Waals surface area contributed by atoms with E-state index in [4.69, 9.17) is 27.0 Å². The van der Waals surface area contributed by atoms with E-state index in [0.717, 1.165) is 52.6 Å². The number of rotatable bonds is 26. The first kappa shape index (κ1) is 46.6. The monoisotopic (exact) mass is 695 g/mol. The van der Waals surface area contributed by atoms with Gasteiger partial charge in [-0.2, -0.15) is 8.42 Å². The van der Waals surface area contributed by atoms with Crippen LogP contribution in [0.1, 0.15) is 130 Å². The molecule has 0 spiro atoms. The van der Waals surface area contributed by atoms with Crippen molar-refractivity contribution in [2.24, 2.45) is 0 Å². The van der Waals surface area contributed by atoms with Crippen molar-refractivity contribution in [2.75, 3.05) is 105 Å². The Bertz CT molecular complexity index is 683. The van der Waals surface area contributed by atoms with Crippen LogP contribution in [0.25, 0.3) is 0 Å². The smallest absolute Gasteiger partial charge is 0.379 e. The van der Waals surface area contributed by atoms with Crippen molar-refractivity contribution < 1.29 is 27.0 Å². The largest absolute Gasteiger partial charge is 0.394 e. The number of unbranched alkanes of at least 4 members (excludes halogenated alkanes) is 14. The lowest BCUT2D eigenvalue weighted by Gasteiger charge is -2.29. The molecule has 0 radical (unpaired) electrons. The lowest BCUT2D eigenvalue weighted by molar-refractivity contribution is 0.0334. The molecule has 0 aromatic carbocycles. The zero-order valence-corrected chi connectivity index (χ0v) is 32.2. The molecule has 2 fully saturated rings. The molecular formula is C36H78N4O6S. The van der Waals surface area contributed by atoms with Crippen LogP contribution < -0.4 is 0 Å². The van der Waals surface area contributed by atoms with Gasteiger partial charge in [0.05, 0.1) is 26.4 Å². The van der Waals surface area contributed by atoms with Gasteiger partial charge in [-0.15, -0.1) is 0 Å². The summed E-state index contributed by atoms with van der Waals surface area (Å²) in [5.74, 6) is 0. The van der Waals surface area contributed by atoms with E-state index in [0.29, 0.717) is 0 Å². The topological polar surface area (TPSA) is 106 Å². The molecule has 2 aliphatic rings. The van der Waals surface area contributed by atoms with Crippen LogP contribution in [0.4, 0.5) is 0 Å². The van der Waals surface area contributed by atoms with E-state index in [2.05, 4.69) is 47.3 Å². The fraction of sp³-hybridized carbons (Fsp3) is 1.00. The fourth-order valence-electron chi connectivity index (χ4n) is 6.01. The first-order chi connectivity index (χ1) is 22.7. The van der Waals surface area contributed by atoms with E-state index >= 15 is 0 Å². The number of nitrogens with zero attached hydrogens (tertiary/aromatic N) is 4. The zero-order chi connectivity index (χ0) is 34.9. The molecule has 2 N–H and O–H groups in total. The zero-order valence-electron chi connectivity index (χ0n) is 31.4. The lowest BCUT2D eigenvalue weighted by Crippen LogP contribution is -2.41. The SMILES string of the molecule is CCCCCCCCCCN(CC)CCN1CCOCC1.CCCCCCCCCCN(CC)CCN1CCOCC1.O=S(=O)(O)O. The number of morpholine rings is 2. The lowest BCUT2D eigenvalue weighted by atomic mass is 10.1. The average Bonchev–Trinajstić information content (AvgIpc) is 3.07. The summed E-state index contributed by atoms with van der Waals surface area (Å²) in [4.78, 5) is 10.3. The number of likely N-dealkylation sites (N-methyl/N-ethyl adjacent to an activating group) is 2. The predicted molar refractivity (Wildman–Crippen MR) is 198 cm³/mol. The highest BCUT2D eigenvalue weighted by atomic mass is 32.3. The molecule has 2 aliphatic heterocycles. The van der Waals surface area contributed by atoms with Crippen LogP contribution in [0.15, 0.2) is 0 Å². The van der Waals surface area contributed by atoms with Gasteiger partial charge in [0.15, 0.2) is 0 Å². The van der Waals surface area contributed by atoms with Crippen LogP contribution in [0.2, 0.25) is 0 Å². The molecule has 2 rings (SSSR count). The summed E-state index contributed by atoms with van der Waals surface area (Å²) in [6.07, 6.45) is 22.7. The Hall–Kier alpha value is -0.370. The normalized spacial score (nSPS) is 16.2. The molecule has 0 unspecified atom stereocenters. The molecule has 10 nitrogen and oxygen atoms in total. The Morgan fingerprint density at radius 3 is 1.04 bits per heavy atom. The average molecular weight is 695 g/mol. The summed E-state index contributed by atoms with van der Waals surface area (Å²) in [6, 6.07) is 0. The van der Waals surface area contributed by atoms with Gasteiger partial charge in [0.2, 0.25) is 0 Å².